The van der Waals surface area contributed by atoms with E-state index in [2.05, 4.69) is 25.5 Å². The Labute approximate surface area is 93.7 Å². The van der Waals surface area contributed by atoms with Gasteiger partial charge < -0.3 is 0 Å². The Balaban J connectivity index is 2.16. The topological polar surface area (TPSA) is 46.2 Å². The summed E-state index contributed by atoms with van der Waals surface area (Å²) in [5.74, 6) is 0.725. The minimum atomic E-state index is -3.00. The Morgan fingerprint density at radius 1 is 1.27 bits per heavy atom. The Kier molecular flexibility index (Phi) is 3.82. The number of hydrogen-bond acceptors (Lipinski definition) is 2. The molecule has 1 rings (SSSR count). The predicted octanol–water partition coefficient (Wildman–Crippen LogP) is 2.14. The third-order valence-electron chi connectivity index (χ3n) is 2.92. The summed E-state index contributed by atoms with van der Waals surface area (Å²) < 4.78 is 24.5. The van der Waals surface area contributed by atoms with E-state index in [-0.39, 0.29) is 6.04 Å². The molecule has 0 amide bonds. The molecule has 15 heavy (non-hydrogen) atoms. The van der Waals surface area contributed by atoms with Gasteiger partial charge in [0.15, 0.2) is 0 Å². The van der Waals surface area contributed by atoms with Crippen LogP contribution in [0.4, 0.5) is 0 Å². The summed E-state index contributed by atoms with van der Waals surface area (Å²) in [7, 11) is -3.00. The summed E-state index contributed by atoms with van der Waals surface area (Å²) in [6, 6.07) is 0.199. The quantitative estimate of drug-likeness (QED) is 0.808. The van der Waals surface area contributed by atoms with Crippen molar-refractivity contribution in [1.29, 1.82) is 0 Å². The van der Waals surface area contributed by atoms with E-state index in [1.807, 2.05) is 0 Å². The largest absolute Gasteiger partial charge is 0.213 e. The van der Waals surface area contributed by atoms with Gasteiger partial charge >= 0.3 is 0 Å². The summed E-state index contributed by atoms with van der Waals surface area (Å²) >= 11 is 0. The van der Waals surface area contributed by atoms with Gasteiger partial charge in [-0.2, -0.15) is 0 Å². The molecule has 0 bridgehead atoms. The van der Waals surface area contributed by atoms with Crippen molar-refractivity contribution in [3.8, 4) is 0 Å². The van der Waals surface area contributed by atoms with Gasteiger partial charge in [-0.3, -0.25) is 0 Å². The van der Waals surface area contributed by atoms with Gasteiger partial charge in [0.05, 0.1) is 6.26 Å². The van der Waals surface area contributed by atoms with E-state index in [4.69, 9.17) is 0 Å². The fourth-order valence-electron chi connectivity index (χ4n) is 2.01. The van der Waals surface area contributed by atoms with Crippen LogP contribution in [-0.4, -0.2) is 20.7 Å². The Morgan fingerprint density at radius 3 is 2.20 bits per heavy atom. The lowest BCUT2D eigenvalue weighted by molar-refractivity contribution is 0.203. The number of rotatable bonds is 4. The summed E-state index contributed by atoms with van der Waals surface area (Å²) in [6.45, 7) is 6.74. The van der Waals surface area contributed by atoms with Crippen LogP contribution >= 0.6 is 0 Å². The molecule has 1 N–H and O–H groups in total. The average molecular weight is 233 g/mol. The maximum absolute atomic E-state index is 10.9. The first-order valence-electron chi connectivity index (χ1n) is 5.63. The zero-order chi connectivity index (χ0) is 11.7. The highest BCUT2D eigenvalue weighted by Crippen LogP contribution is 2.35. The van der Waals surface area contributed by atoms with E-state index in [9.17, 15) is 8.42 Å². The standard InChI is InChI=1S/C11H23NO2S/c1-11(2,3)6-5-9-7-10(8-9)12-15(4,13)14/h9-10,12H,5-8H2,1-4H3/t9-,10+. The highest BCUT2D eigenvalue weighted by molar-refractivity contribution is 7.88. The molecule has 1 aliphatic rings. The summed E-state index contributed by atoms with van der Waals surface area (Å²) in [4.78, 5) is 0. The zero-order valence-corrected chi connectivity index (χ0v) is 11.0. The molecule has 0 heterocycles. The molecule has 0 atom stereocenters. The maximum atomic E-state index is 10.9. The van der Waals surface area contributed by atoms with E-state index >= 15 is 0 Å². The first-order chi connectivity index (χ1) is 6.66. The van der Waals surface area contributed by atoms with Crippen molar-refractivity contribution in [2.45, 2.75) is 52.5 Å². The Morgan fingerprint density at radius 2 is 1.80 bits per heavy atom. The van der Waals surface area contributed by atoms with Crippen LogP contribution in [0.1, 0.15) is 46.5 Å². The van der Waals surface area contributed by atoms with Gasteiger partial charge in [-0.15, -0.1) is 0 Å². The van der Waals surface area contributed by atoms with Crippen molar-refractivity contribution in [1.82, 2.24) is 4.72 Å². The van der Waals surface area contributed by atoms with Gasteiger partial charge in [0.25, 0.3) is 0 Å². The van der Waals surface area contributed by atoms with E-state index in [0.717, 1.165) is 18.8 Å². The molecule has 0 aromatic heterocycles. The predicted molar refractivity (Wildman–Crippen MR) is 63.2 cm³/mol. The second-order valence-electron chi connectivity index (χ2n) is 6.02. The monoisotopic (exact) mass is 233 g/mol. The molecule has 90 valence electrons. The van der Waals surface area contributed by atoms with Crippen molar-refractivity contribution in [3.63, 3.8) is 0 Å². The fourth-order valence-corrected chi connectivity index (χ4v) is 2.81. The first-order valence-corrected chi connectivity index (χ1v) is 7.52. The van der Waals surface area contributed by atoms with Crippen LogP contribution in [0.2, 0.25) is 0 Å². The van der Waals surface area contributed by atoms with Crippen molar-refractivity contribution in [2.75, 3.05) is 6.26 Å². The summed E-state index contributed by atoms with van der Waals surface area (Å²) in [6.07, 6.45) is 5.72. The van der Waals surface area contributed by atoms with Crippen LogP contribution in [0.15, 0.2) is 0 Å². The zero-order valence-electron chi connectivity index (χ0n) is 10.2. The van der Waals surface area contributed by atoms with Crippen LogP contribution in [0.5, 0.6) is 0 Å². The minimum Gasteiger partial charge on any atom is -0.213 e. The average Bonchev–Trinajstić information content (AvgIpc) is 1.89. The highest BCUT2D eigenvalue weighted by atomic mass is 32.2. The molecule has 0 unspecified atom stereocenters. The van der Waals surface area contributed by atoms with Crippen molar-refractivity contribution in [2.24, 2.45) is 11.3 Å². The van der Waals surface area contributed by atoms with Crippen LogP contribution < -0.4 is 4.72 Å². The SMILES string of the molecule is CC(C)(C)CC[C@H]1C[C@@H](NS(C)(=O)=O)C1. The molecule has 0 aromatic carbocycles. The van der Waals surface area contributed by atoms with E-state index in [1.165, 1.54) is 19.1 Å². The first kappa shape index (κ1) is 13.0. The van der Waals surface area contributed by atoms with E-state index in [0.29, 0.717) is 5.41 Å². The van der Waals surface area contributed by atoms with Crippen molar-refractivity contribution in [3.05, 3.63) is 0 Å². The lowest BCUT2D eigenvalue weighted by Gasteiger charge is -2.36. The lowest BCUT2D eigenvalue weighted by Crippen LogP contribution is -2.43. The highest BCUT2D eigenvalue weighted by Gasteiger charge is 2.31. The summed E-state index contributed by atoms with van der Waals surface area (Å²) in [5, 5.41) is 0. The van der Waals surface area contributed by atoms with Crippen molar-refractivity contribution >= 4 is 10.0 Å². The second-order valence-corrected chi connectivity index (χ2v) is 7.80. The van der Waals surface area contributed by atoms with E-state index in [1.54, 1.807) is 0 Å². The summed E-state index contributed by atoms with van der Waals surface area (Å²) in [5.41, 5.74) is 0.398. The molecule has 1 fully saturated rings. The second kappa shape index (κ2) is 4.42. The Hall–Kier alpha value is -0.0900. The minimum absolute atomic E-state index is 0.199. The molecule has 0 aromatic rings. The van der Waals surface area contributed by atoms with E-state index < -0.39 is 10.0 Å². The molecule has 0 saturated heterocycles. The fraction of sp³-hybridized carbons (Fsp3) is 1.00. The third kappa shape index (κ3) is 5.52. The maximum Gasteiger partial charge on any atom is 0.208 e. The molecular formula is C11H23NO2S. The number of nitrogens with one attached hydrogen (secondary N) is 1. The molecule has 0 spiro atoms. The van der Waals surface area contributed by atoms with Gasteiger partial charge in [-0.05, 0) is 37.0 Å². The molecule has 1 saturated carbocycles. The van der Waals surface area contributed by atoms with Crippen LogP contribution in [0.3, 0.4) is 0 Å². The van der Waals surface area contributed by atoms with Crippen LogP contribution in [0.25, 0.3) is 0 Å². The molecule has 4 heteroatoms. The molecule has 3 nitrogen and oxygen atoms in total. The molecule has 1 aliphatic carbocycles. The molecule has 0 aliphatic heterocycles. The van der Waals surface area contributed by atoms with Gasteiger partial charge in [0.1, 0.15) is 0 Å². The van der Waals surface area contributed by atoms with Gasteiger partial charge in [0, 0.05) is 6.04 Å². The van der Waals surface area contributed by atoms with Crippen LogP contribution in [0, 0.1) is 11.3 Å². The number of hydrogen-bond donors (Lipinski definition) is 1. The molecule has 0 radical (unpaired) electrons. The van der Waals surface area contributed by atoms with Crippen LogP contribution in [-0.2, 0) is 10.0 Å². The van der Waals surface area contributed by atoms with Crippen molar-refractivity contribution < 1.29 is 8.42 Å². The third-order valence-corrected chi connectivity index (χ3v) is 3.68. The lowest BCUT2D eigenvalue weighted by atomic mass is 9.75. The Bertz CT molecular complexity index is 297. The van der Waals surface area contributed by atoms with Gasteiger partial charge in [-0.25, -0.2) is 13.1 Å². The smallest absolute Gasteiger partial charge is 0.208 e. The molecular weight excluding hydrogens is 210 g/mol. The number of sulfonamides is 1. The van der Waals surface area contributed by atoms with Gasteiger partial charge in [-0.1, -0.05) is 20.8 Å². The normalized spacial score (nSPS) is 27.5. The van der Waals surface area contributed by atoms with Gasteiger partial charge in [0.2, 0.25) is 10.0 Å².